The van der Waals surface area contributed by atoms with Crippen LogP contribution in [0, 0.1) is 11.3 Å². The predicted octanol–water partition coefficient (Wildman–Crippen LogP) is 3.83. The number of nitriles is 1. The predicted molar refractivity (Wildman–Crippen MR) is 135 cm³/mol. The molecule has 0 bridgehead atoms. The molecule has 1 aliphatic heterocycles. The lowest BCUT2D eigenvalue weighted by Gasteiger charge is -2.43. The fourth-order valence-electron chi connectivity index (χ4n) is 4.56. The Hall–Kier alpha value is -3.10. The maximum Gasteiger partial charge on any atom is 0.418 e. The SMILES string of the molecule is COC1[C@@H](n2cc(-c3nc(Cl)cs3)nn2)[C@@H](O)C(CO)O[C@H]1c1cc(C#N)nn1-c1cc(Cl)ccc1C(F)(F)F. The van der Waals surface area contributed by atoms with Crippen LogP contribution < -0.4 is 0 Å². The number of methoxy groups -OCH3 is 1. The van der Waals surface area contributed by atoms with Crippen molar-refractivity contribution >= 4 is 34.5 Å². The second kappa shape index (κ2) is 11.1. The van der Waals surface area contributed by atoms with E-state index in [1.807, 2.05) is 6.07 Å². The van der Waals surface area contributed by atoms with Crippen LogP contribution in [-0.2, 0) is 15.7 Å². The minimum absolute atomic E-state index is 0.00483. The van der Waals surface area contributed by atoms with Crippen LogP contribution in [0.15, 0.2) is 35.8 Å². The lowest BCUT2D eigenvalue weighted by molar-refractivity contribution is -0.216. The number of hydrogen-bond acceptors (Lipinski definition) is 10. The number of aromatic nitrogens is 6. The number of rotatable bonds is 6. The molecule has 17 heteroatoms. The van der Waals surface area contributed by atoms with E-state index >= 15 is 0 Å². The highest BCUT2D eigenvalue weighted by Gasteiger charge is 2.49. The highest BCUT2D eigenvalue weighted by Crippen LogP contribution is 2.42. The second-order valence-corrected chi connectivity index (χ2v) is 10.3. The molecule has 1 fully saturated rings. The van der Waals surface area contributed by atoms with Gasteiger partial charge in [-0.25, -0.2) is 14.3 Å². The lowest BCUT2D eigenvalue weighted by atomic mass is 9.90. The number of nitrogens with zero attached hydrogens (tertiary/aromatic N) is 7. The average molecular weight is 616 g/mol. The molecule has 3 aromatic heterocycles. The maximum atomic E-state index is 14.0. The van der Waals surface area contributed by atoms with E-state index in [4.69, 9.17) is 32.7 Å². The number of ether oxygens (including phenoxy) is 2. The molecule has 210 valence electrons. The molecule has 1 aliphatic rings. The van der Waals surface area contributed by atoms with Gasteiger partial charge in [-0.15, -0.1) is 16.4 Å². The van der Waals surface area contributed by atoms with Crippen LogP contribution >= 0.6 is 34.5 Å². The zero-order valence-corrected chi connectivity index (χ0v) is 22.5. The molecule has 2 unspecified atom stereocenters. The van der Waals surface area contributed by atoms with Crippen molar-refractivity contribution in [2.45, 2.75) is 36.6 Å². The van der Waals surface area contributed by atoms with Gasteiger partial charge in [-0.05, 0) is 18.2 Å². The maximum absolute atomic E-state index is 14.0. The molecule has 5 rings (SSSR count). The van der Waals surface area contributed by atoms with Crippen LogP contribution in [0.2, 0.25) is 10.2 Å². The number of halogens is 5. The van der Waals surface area contributed by atoms with E-state index in [-0.39, 0.29) is 21.6 Å². The lowest BCUT2D eigenvalue weighted by Crippen LogP contribution is -2.53. The van der Waals surface area contributed by atoms with Gasteiger partial charge in [0.1, 0.15) is 52.4 Å². The van der Waals surface area contributed by atoms with Crippen molar-refractivity contribution in [2.24, 2.45) is 0 Å². The minimum atomic E-state index is -4.79. The summed E-state index contributed by atoms with van der Waals surface area (Å²) < 4.78 is 55.8. The van der Waals surface area contributed by atoms with Gasteiger partial charge in [-0.1, -0.05) is 28.4 Å². The van der Waals surface area contributed by atoms with Crippen LogP contribution in [0.4, 0.5) is 13.2 Å². The number of aliphatic hydroxyl groups excluding tert-OH is 2. The highest BCUT2D eigenvalue weighted by molar-refractivity contribution is 7.13. The van der Waals surface area contributed by atoms with Crippen molar-refractivity contribution in [3.8, 4) is 22.5 Å². The van der Waals surface area contributed by atoms with E-state index in [9.17, 15) is 28.6 Å². The molecule has 0 amide bonds. The van der Waals surface area contributed by atoms with Gasteiger partial charge in [-0.2, -0.15) is 23.5 Å². The number of aliphatic hydroxyl groups is 2. The summed E-state index contributed by atoms with van der Waals surface area (Å²) in [6.07, 6.45) is -8.26. The van der Waals surface area contributed by atoms with Crippen LogP contribution in [0.1, 0.15) is 29.1 Å². The minimum Gasteiger partial charge on any atom is -0.394 e. The van der Waals surface area contributed by atoms with Crippen LogP contribution in [0.5, 0.6) is 0 Å². The molecule has 0 spiro atoms. The zero-order valence-electron chi connectivity index (χ0n) is 20.2. The van der Waals surface area contributed by atoms with Gasteiger partial charge >= 0.3 is 6.18 Å². The molecule has 0 aliphatic carbocycles. The normalized spacial score (nSPS) is 23.3. The number of thiazole rings is 1. The highest BCUT2D eigenvalue weighted by atomic mass is 35.5. The van der Waals surface area contributed by atoms with E-state index in [1.54, 1.807) is 5.38 Å². The van der Waals surface area contributed by atoms with Gasteiger partial charge in [0.2, 0.25) is 0 Å². The molecule has 0 radical (unpaired) electrons. The molecule has 4 heterocycles. The first-order valence-electron chi connectivity index (χ1n) is 11.4. The van der Waals surface area contributed by atoms with E-state index in [2.05, 4.69) is 20.4 Å². The quantitative estimate of drug-likeness (QED) is 0.330. The van der Waals surface area contributed by atoms with Crippen molar-refractivity contribution in [3.05, 3.63) is 63.0 Å². The van der Waals surface area contributed by atoms with Crippen molar-refractivity contribution in [3.63, 3.8) is 0 Å². The first-order valence-corrected chi connectivity index (χ1v) is 13.1. The monoisotopic (exact) mass is 615 g/mol. The van der Waals surface area contributed by atoms with Crippen LogP contribution in [0.3, 0.4) is 0 Å². The van der Waals surface area contributed by atoms with Gasteiger partial charge in [0.05, 0.1) is 29.7 Å². The Morgan fingerprint density at radius 2 is 2.05 bits per heavy atom. The average Bonchev–Trinajstić information content (AvgIpc) is 3.67. The first-order chi connectivity index (χ1) is 19.0. The molecule has 2 N–H and O–H groups in total. The zero-order chi connectivity index (χ0) is 28.8. The smallest absolute Gasteiger partial charge is 0.394 e. The Morgan fingerprint density at radius 3 is 2.67 bits per heavy atom. The third-order valence-corrected chi connectivity index (χ3v) is 7.71. The summed E-state index contributed by atoms with van der Waals surface area (Å²) in [5, 5.41) is 45.3. The summed E-state index contributed by atoms with van der Waals surface area (Å²) >= 11 is 13.2. The van der Waals surface area contributed by atoms with Gasteiger partial charge in [-0.3, -0.25) is 0 Å². The third kappa shape index (κ3) is 5.19. The van der Waals surface area contributed by atoms with Crippen molar-refractivity contribution in [2.75, 3.05) is 13.7 Å². The molecular weight excluding hydrogens is 598 g/mol. The second-order valence-electron chi connectivity index (χ2n) is 8.66. The van der Waals surface area contributed by atoms with Gasteiger partial charge in [0.25, 0.3) is 0 Å². The molecule has 40 heavy (non-hydrogen) atoms. The Labute approximate surface area is 237 Å². The van der Waals surface area contributed by atoms with Crippen molar-refractivity contribution in [1.82, 2.24) is 29.8 Å². The van der Waals surface area contributed by atoms with E-state index in [1.165, 1.54) is 35.4 Å². The van der Waals surface area contributed by atoms with Gasteiger partial charge in [0.15, 0.2) is 5.69 Å². The van der Waals surface area contributed by atoms with Gasteiger partial charge < -0.3 is 19.7 Å². The number of benzene rings is 1. The summed E-state index contributed by atoms with van der Waals surface area (Å²) in [5.41, 5.74) is -1.41. The molecular formula is C23H18Cl2F3N7O4S. The number of hydrogen-bond donors (Lipinski definition) is 2. The van der Waals surface area contributed by atoms with Crippen molar-refractivity contribution < 1.29 is 32.9 Å². The summed E-state index contributed by atoms with van der Waals surface area (Å²) in [6.45, 7) is -0.654. The first kappa shape index (κ1) is 28.4. The van der Waals surface area contributed by atoms with Crippen molar-refractivity contribution in [1.29, 1.82) is 5.26 Å². The molecule has 0 saturated carbocycles. The van der Waals surface area contributed by atoms with Crippen LogP contribution in [0.25, 0.3) is 16.4 Å². The Morgan fingerprint density at radius 1 is 1.27 bits per heavy atom. The number of alkyl halides is 3. The Bertz CT molecular complexity index is 1570. The summed E-state index contributed by atoms with van der Waals surface area (Å²) in [6, 6.07) is 4.96. The fraction of sp³-hybridized carbons (Fsp3) is 0.348. The van der Waals surface area contributed by atoms with E-state index in [0.29, 0.717) is 10.7 Å². The van der Waals surface area contributed by atoms with Crippen LogP contribution in [-0.4, -0.2) is 72.0 Å². The largest absolute Gasteiger partial charge is 0.418 e. The molecule has 11 nitrogen and oxygen atoms in total. The fourth-order valence-corrected chi connectivity index (χ4v) is 5.62. The third-order valence-electron chi connectivity index (χ3n) is 6.29. The summed E-state index contributed by atoms with van der Waals surface area (Å²) in [4.78, 5) is 4.15. The standard InChI is InChI=1S/C23H18Cl2F3N7O4S/c1-38-21-18(34-7-13(31-33-34)22-30-17(25)9-40-22)19(37)16(8-36)39-20(21)15-5-11(6-29)32-35(15)14-4-10(24)2-3-12(14)23(26,27)28/h2-5,7,9,16,18-21,36-37H,8H2,1H3/t16?,18-,19-,20-,21?/m0/s1. The summed E-state index contributed by atoms with van der Waals surface area (Å²) in [5.74, 6) is 0. The molecule has 1 saturated heterocycles. The topological polar surface area (TPSA) is 144 Å². The Balaban J connectivity index is 1.64. The van der Waals surface area contributed by atoms with E-state index in [0.717, 1.165) is 22.9 Å². The molecule has 5 atom stereocenters. The Kier molecular flexibility index (Phi) is 7.86. The van der Waals surface area contributed by atoms with Gasteiger partial charge in [0, 0.05) is 23.6 Å². The summed E-state index contributed by atoms with van der Waals surface area (Å²) in [7, 11) is 1.31. The van der Waals surface area contributed by atoms with E-state index < -0.39 is 54.5 Å². The molecule has 1 aromatic carbocycles. The molecule has 4 aromatic rings.